The minimum absolute atomic E-state index is 0.895. The van der Waals surface area contributed by atoms with Gasteiger partial charge in [-0.25, -0.2) is 0 Å². The SMILES string of the molecule is C1=NCCc2cc(-c3cccc4occc34)ccc21. The number of rotatable bonds is 1. The fourth-order valence-electron chi connectivity index (χ4n) is 2.71. The summed E-state index contributed by atoms with van der Waals surface area (Å²) in [5, 5.41) is 1.17. The zero-order valence-electron chi connectivity index (χ0n) is 10.5. The quantitative estimate of drug-likeness (QED) is 0.636. The van der Waals surface area contributed by atoms with E-state index in [2.05, 4.69) is 29.3 Å². The largest absolute Gasteiger partial charge is 0.464 e. The molecule has 19 heavy (non-hydrogen) atoms. The van der Waals surface area contributed by atoms with Gasteiger partial charge in [0.15, 0.2) is 0 Å². The number of aliphatic imine (C=N–C) groups is 1. The van der Waals surface area contributed by atoms with E-state index in [1.807, 2.05) is 24.4 Å². The van der Waals surface area contributed by atoms with Crippen molar-refractivity contribution in [1.82, 2.24) is 0 Å². The molecule has 0 unspecified atom stereocenters. The molecule has 0 aliphatic carbocycles. The Hall–Kier alpha value is -2.35. The number of benzene rings is 2. The van der Waals surface area contributed by atoms with E-state index in [0.29, 0.717) is 0 Å². The zero-order valence-corrected chi connectivity index (χ0v) is 10.5. The van der Waals surface area contributed by atoms with Gasteiger partial charge in [0.25, 0.3) is 0 Å². The van der Waals surface area contributed by atoms with Gasteiger partial charge >= 0.3 is 0 Å². The van der Waals surface area contributed by atoms with Crippen LogP contribution >= 0.6 is 0 Å². The summed E-state index contributed by atoms with van der Waals surface area (Å²) in [4.78, 5) is 4.32. The molecule has 0 atom stereocenters. The molecule has 1 aromatic heterocycles. The van der Waals surface area contributed by atoms with Crippen LogP contribution in [0.3, 0.4) is 0 Å². The third-order valence-electron chi connectivity index (χ3n) is 3.69. The fourth-order valence-corrected chi connectivity index (χ4v) is 2.71. The first-order valence-electron chi connectivity index (χ1n) is 6.51. The standard InChI is InChI=1S/C17H13NO/c1-2-15(16-7-9-19-17(16)3-1)13-4-5-14-11-18-8-6-12(14)10-13/h1-5,7,9-11H,6,8H2. The Kier molecular flexibility index (Phi) is 2.27. The van der Waals surface area contributed by atoms with Gasteiger partial charge in [0.2, 0.25) is 0 Å². The molecule has 2 heteroatoms. The summed E-state index contributed by atoms with van der Waals surface area (Å²) in [5.74, 6) is 0. The van der Waals surface area contributed by atoms with Gasteiger partial charge in [-0.2, -0.15) is 0 Å². The number of nitrogens with zero attached hydrogens (tertiary/aromatic N) is 1. The Morgan fingerprint density at radius 2 is 2.05 bits per heavy atom. The van der Waals surface area contributed by atoms with Crippen LogP contribution in [0.15, 0.2) is 58.1 Å². The van der Waals surface area contributed by atoms with E-state index in [1.54, 1.807) is 6.26 Å². The van der Waals surface area contributed by atoms with Crippen LogP contribution in [0.1, 0.15) is 11.1 Å². The summed E-state index contributed by atoms with van der Waals surface area (Å²) in [6.45, 7) is 0.895. The third-order valence-corrected chi connectivity index (χ3v) is 3.69. The number of fused-ring (bicyclic) bond motifs is 2. The summed E-state index contributed by atoms with van der Waals surface area (Å²) in [5.41, 5.74) is 6.05. The Morgan fingerprint density at radius 3 is 3.05 bits per heavy atom. The zero-order chi connectivity index (χ0) is 12.7. The van der Waals surface area contributed by atoms with Crippen molar-refractivity contribution in [2.75, 3.05) is 6.54 Å². The number of hydrogen-bond acceptors (Lipinski definition) is 2. The Bertz CT molecular complexity index is 783. The van der Waals surface area contributed by atoms with Crippen molar-refractivity contribution in [2.45, 2.75) is 6.42 Å². The lowest BCUT2D eigenvalue weighted by molar-refractivity contribution is 0.616. The minimum Gasteiger partial charge on any atom is -0.464 e. The average molecular weight is 247 g/mol. The lowest BCUT2D eigenvalue weighted by atomic mass is 9.95. The van der Waals surface area contributed by atoms with Crippen LogP contribution in [0.2, 0.25) is 0 Å². The van der Waals surface area contributed by atoms with Crippen LogP contribution in [-0.4, -0.2) is 12.8 Å². The fraction of sp³-hybridized carbons (Fsp3) is 0.118. The van der Waals surface area contributed by atoms with E-state index in [9.17, 15) is 0 Å². The van der Waals surface area contributed by atoms with Crippen LogP contribution < -0.4 is 0 Å². The highest BCUT2D eigenvalue weighted by Crippen LogP contribution is 2.30. The predicted molar refractivity (Wildman–Crippen MR) is 77.8 cm³/mol. The lowest BCUT2D eigenvalue weighted by Crippen LogP contribution is -2.02. The molecule has 0 saturated heterocycles. The first-order chi connectivity index (χ1) is 9.42. The molecule has 92 valence electrons. The molecule has 0 N–H and O–H groups in total. The van der Waals surface area contributed by atoms with Crippen LogP contribution in [0.25, 0.3) is 22.1 Å². The van der Waals surface area contributed by atoms with Crippen molar-refractivity contribution in [3.8, 4) is 11.1 Å². The summed E-state index contributed by atoms with van der Waals surface area (Å²) < 4.78 is 5.47. The first-order valence-corrected chi connectivity index (χ1v) is 6.51. The van der Waals surface area contributed by atoms with E-state index in [0.717, 1.165) is 18.5 Å². The van der Waals surface area contributed by atoms with Gasteiger partial charge in [-0.05, 0) is 40.8 Å². The molecule has 0 spiro atoms. The van der Waals surface area contributed by atoms with E-state index in [-0.39, 0.29) is 0 Å². The van der Waals surface area contributed by atoms with Gasteiger partial charge in [0.1, 0.15) is 5.58 Å². The molecule has 2 nitrogen and oxygen atoms in total. The second kappa shape index (κ2) is 4.09. The molecular weight excluding hydrogens is 234 g/mol. The first kappa shape index (κ1) is 10.6. The third kappa shape index (κ3) is 1.68. The molecule has 0 amide bonds. The summed E-state index contributed by atoms with van der Waals surface area (Å²) in [6, 6.07) is 14.8. The molecule has 4 rings (SSSR count). The molecule has 2 aromatic carbocycles. The van der Waals surface area contributed by atoms with Gasteiger partial charge in [-0.15, -0.1) is 0 Å². The molecular formula is C17H13NO. The van der Waals surface area contributed by atoms with E-state index < -0.39 is 0 Å². The molecule has 3 aromatic rings. The maximum atomic E-state index is 5.47. The van der Waals surface area contributed by atoms with Gasteiger partial charge in [-0.3, -0.25) is 4.99 Å². The molecule has 0 radical (unpaired) electrons. The van der Waals surface area contributed by atoms with E-state index >= 15 is 0 Å². The van der Waals surface area contributed by atoms with E-state index in [1.165, 1.54) is 27.6 Å². The Labute approximate surface area is 111 Å². The summed E-state index contributed by atoms with van der Waals surface area (Å²) in [7, 11) is 0. The molecule has 1 aliphatic heterocycles. The molecule has 0 saturated carbocycles. The van der Waals surface area contributed by atoms with Crippen LogP contribution in [0.5, 0.6) is 0 Å². The van der Waals surface area contributed by atoms with Crippen LogP contribution in [0.4, 0.5) is 0 Å². The lowest BCUT2D eigenvalue weighted by Gasteiger charge is -2.12. The van der Waals surface area contributed by atoms with Crippen molar-refractivity contribution in [1.29, 1.82) is 0 Å². The number of furan rings is 1. The van der Waals surface area contributed by atoms with Gasteiger partial charge < -0.3 is 4.42 Å². The second-order valence-electron chi connectivity index (χ2n) is 4.84. The van der Waals surface area contributed by atoms with Gasteiger partial charge in [-0.1, -0.05) is 30.3 Å². The highest BCUT2D eigenvalue weighted by atomic mass is 16.3. The van der Waals surface area contributed by atoms with Gasteiger partial charge in [0.05, 0.1) is 6.26 Å². The maximum Gasteiger partial charge on any atom is 0.134 e. The summed E-state index contributed by atoms with van der Waals surface area (Å²) >= 11 is 0. The topological polar surface area (TPSA) is 25.5 Å². The predicted octanol–water partition coefficient (Wildman–Crippen LogP) is 4.07. The molecule has 1 aliphatic rings. The van der Waals surface area contributed by atoms with Crippen molar-refractivity contribution in [3.05, 3.63) is 59.9 Å². The Balaban J connectivity index is 1.93. The van der Waals surface area contributed by atoms with E-state index in [4.69, 9.17) is 4.42 Å². The van der Waals surface area contributed by atoms with Crippen LogP contribution in [-0.2, 0) is 6.42 Å². The smallest absolute Gasteiger partial charge is 0.134 e. The van der Waals surface area contributed by atoms with Gasteiger partial charge in [0, 0.05) is 18.1 Å². The molecule has 0 bridgehead atoms. The average Bonchev–Trinajstić information content (AvgIpc) is 2.95. The van der Waals surface area contributed by atoms with Crippen molar-refractivity contribution < 1.29 is 4.42 Å². The number of hydrogen-bond donors (Lipinski definition) is 0. The molecule has 2 heterocycles. The molecule has 0 fully saturated rings. The van der Waals surface area contributed by atoms with Crippen molar-refractivity contribution >= 4 is 17.2 Å². The highest BCUT2D eigenvalue weighted by Gasteiger charge is 2.10. The monoisotopic (exact) mass is 247 g/mol. The second-order valence-corrected chi connectivity index (χ2v) is 4.84. The van der Waals surface area contributed by atoms with Crippen molar-refractivity contribution in [3.63, 3.8) is 0 Å². The normalized spacial score (nSPS) is 13.7. The maximum absolute atomic E-state index is 5.47. The van der Waals surface area contributed by atoms with Crippen molar-refractivity contribution in [2.24, 2.45) is 4.99 Å². The highest BCUT2D eigenvalue weighted by molar-refractivity contribution is 5.95. The minimum atomic E-state index is 0.895. The Morgan fingerprint density at radius 1 is 1.05 bits per heavy atom. The van der Waals surface area contributed by atoms with Crippen LogP contribution in [0, 0.1) is 0 Å². The summed E-state index contributed by atoms with van der Waals surface area (Å²) in [6.07, 6.45) is 4.75.